The minimum atomic E-state index is 0.00203. The smallest absolute Gasteiger partial charge is 0.101 e. The summed E-state index contributed by atoms with van der Waals surface area (Å²) in [6, 6.07) is 0.510. The lowest BCUT2D eigenvalue weighted by Crippen LogP contribution is -2.23. The van der Waals surface area contributed by atoms with Gasteiger partial charge in [0.2, 0.25) is 0 Å². The fraction of sp³-hybridized carbons (Fsp3) is 0.846. The van der Waals surface area contributed by atoms with Crippen LogP contribution >= 0.6 is 11.6 Å². The Bertz CT molecular complexity index is 353. The van der Waals surface area contributed by atoms with E-state index >= 15 is 0 Å². The Balaban J connectivity index is 2.09. The lowest BCUT2D eigenvalue weighted by Gasteiger charge is -2.31. The summed E-state index contributed by atoms with van der Waals surface area (Å²) in [7, 11) is 0. The van der Waals surface area contributed by atoms with Crippen LogP contribution in [0.1, 0.15) is 63.6 Å². The van der Waals surface area contributed by atoms with E-state index in [1.54, 1.807) is 0 Å². The van der Waals surface area contributed by atoms with Gasteiger partial charge in [0.25, 0.3) is 0 Å². The second-order valence-electron chi connectivity index (χ2n) is 5.57. The second-order valence-corrected chi connectivity index (χ2v) is 6.10. The third-order valence-corrected chi connectivity index (χ3v) is 4.27. The average Bonchev–Trinajstić information content (AvgIpc) is 2.76. The number of rotatable bonds is 3. The monoisotopic (exact) mass is 255 g/mol. The second kappa shape index (κ2) is 5.38. The van der Waals surface area contributed by atoms with Gasteiger partial charge >= 0.3 is 0 Å². The molecule has 1 aliphatic carbocycles. The van der Waals surface area contributed by atoms with Gasteiger partial charge in [0.1, 0.15) is 5.69 Å². The fourth-order valence-electron chi connectivity index (χ4n) is 2.94. The summed E-state index contributed by atoms with van der Waals surface area (Å²) in [5.74, 6) is 1.57. The molecule has 0 N–H and O–H groups in total. The highest BCUT2D eigenvalue weighted by Crippen LogP contribution is 2.35. The molecule has 1 fully saturated rings. The highest BCUT2D eigenvalue weighted by molar-refractivity contribution is 6.20. The van der Waals surface area contributed by atoms with Crippen LogP contribution in [0.3, 0.4) is 0 Å². The maximum Gasteiger partial charge on any atom is 0.101 e. The SMILES string of the molecule is CCC(Cl)c1cn(C2CC(C)CC(C)C2)nn1. The molecule has 1 aliphatic rings. The molecule has 0 saturated heterocycles. The van der Waals surface area contributed by atoms with Crippen LogP contribution in [0.2, 0.25) is 0 Å². The molecule has 96 valence electrons. The Hall–Kier alpha value is -0.570. The van der Waals surface area contributed by atoms with Gasteiger partial charge in [-0.2, -0.15) is 0 Å². The Morgan fingerprint density at radius 3 is 2.59 bits per heavy atom. The first-order valence-corrected chi connectivity index (χ1v) is 7.09. The van der Waals surface area contributed by atoms with Crippen LogP contribution in [-0.2, 0) is 0 Å². The van der Waals surface area contributed by atoms with Crippen LogP contribution in [0.25, 0.3) is 0 Å². The average molecular weight is 256 g/mol. The third-order valence-electron chi connectivity index (χ3n) is 3.74. The van der Waals surface area contributed by atoms with Crippen molar-refractivity contribution < 1.29 is 0 Å². The van der Waals surface area contributed by atoms with Crippen LogP contribution < -0.4 is 0 Å². The molecule has 0 bridgehead atoms. The Morgan fingerprint density at radius 2 is 2.00 bits per heavy atom. The molecular weight excluding hydrogens is 234 g/mol. The fourth-order valence-corrected chi connectivity index (χ4v) is 3.04. The number of halogens is 1. The van der Waals surface area contributed by atoms with Gasteiger partial charge < -0.3 is 0 Å². The van der Waals surface area contributed by atoms with Gasteiger partial charge in [0.05, 0.1) is 17.6 Å². The molecule has 1 heterocycles. The Labute approximate surface area is 109 Å². The topological polar surface area (TPSA) is 30.7 Å². The zero-order chi connectivity index (χ0) is 12.4. The highest BCUT2D eigenvalue weighted by atomic mass is 35.5. The molecule has 2 rings (SSSR count). The lowest BCUT2D eigenvalue weighted by atomic mass is 9.80. The molecule has 0 aromatic carbocycles. The minimum absolute atomic E-state index is 0.00203. The molecule has 0 spiro atoms. The summed E-state index contributed by atoms with van der Waals surface area (Å²) in [5, 5.41) is 8.46. The summed E-state index contributed by atoms with van der Waals surface area (Å²) in [5.41, 5.74) is 0.917. The van der Waals surface area contributed by atoms with Gasteiger partial charge in [0, 0.05) is 0 Å². The molecular formula is C13H22ClN3. The molecule has 1 saturated carbocycles. The maximum atomic E-state index is 6.18. The van der Waals surface area contributed by atoms with Crippen molar-refractivity contribution in [3.05, 3.63) is 11.9 Å². The van der Waals surface area contributed by atoms with Gasteiger partial charge in [-0.3, -0.25) is 0 Å². The highest BCUT2D eigenvalue weighted by Gasteiger charge is 2.26. The summed E-state index contributed by atoms with van der Waals surface area (Å²) in [4.78, 5) is 0. The normalized spacial score (nSPS) is 31.4. The van der Waals surface area contributed by atoms with Crippen LogP contribution in [0.5, 0.6) is 0 Å². The first kappa shape index (κ1) is 12.9. The van der Waals surface area contributed by atoms with Gasteiger partial charge in [0.15, 0.2) is 0 Å². The Morgan fingerprint density at radius 1 is 1.35 bits per heavy atom. The molecule has 1 aromatic heterocycles. The van der Waals surface area contributed by atoms with Crippen molar-refractivity contribution in [3.8, 4) is 0 Å². The summed E-state index contributed by atoms with van der Waals surface area (Å²) in [6.45, 7) is 6.73. The van der Waals surface area contributed by atoms with E-state index in [9.17, 15) is 0 Å². The van der Waals surface area contributed by atoms with E-state index < -0.39 is 0 Å². The number of aromatic nitrogens is 3. The van der Waals surface area contributed by atoms with E-state index in [4.69, 9.17) is 11.6 Å². The number of hydrogen-bond acceptors (Lipinski definition) is 2. The van der Waals surface area contributed by atoms with Crippen molar-refractivity contribution in [3.63, 3.8) is 0 Å². The standard InChI is InChI=1S/C13H22ClN3/c1-4-12(14)13-8-17(16-15-13)11-6-9(2)5-10(3)7-11/h8-12H,4-7H2,1-3H3. The predicted molar refractivity (Wildman–Crippen MR) is 70.1 cm³/mol. The van der Waals surface area contributed by atoms with Crippen molar-refractivity contribution in [1.29, 1.82) is 0 Å². The summed E-state index contributed by atoms with van der Waals surface area (Å²) >= 11 is 6.18. The lowest BCUT2D eigenvalue weighted by molar-refractivity contribution is 0.208. The van der Waals surface area contributed by atoms with E-state index in [2.05, 4.69) is 31.1 Å². The molecule has 0 aliphatic heterocycles. The number of nitrogens with zero attached hydrogens (tertiary/aromatic N) is 3. The van der Waals surface area contributed by atoms with Crippen LogP contribution in [-0.4, -0.2) is 15.0 Å². The van der Waals surface area contributed by atoms with E-state index in [-0.39, 0.29) is 5.38 Å². The third kappa shape index (κ3) is 3.01. The van der Waals surface area contributed by atoms with Crippen LogP contribution in [0.4, 0.5) is 0 Å². The minimum Gasteiger partial charge on any atom is -0.249 e. The molecule has 1 aromatic rings. The molecule has 17 heavy (non-hydrogen) atoms. The summed E-state index contributed by atoms with van der Waals surface area (Å²) < 4.78 is 2.03. The first-order valence-electron chi connectivity index (χ1n) is 6.66. The van der Waals surface area contributed by atoms with Gasteiger partial charge in [-0.05, 0) is 37.5 Å². The molecule has 4 heteroatoms. The van der Waals surface area contributed by atoms with Crippen molar-refractivity contribution in [2.45, 2.75) is 57.9 Å². The molecule has 3 nitrogen and oxygen atoms in total. The quantitative estimate of drug-likeness (QED) is 0.766. The van der Waals surface area contributed by atoms with E-state index in [0.29, 0.717) is 6.04 Å². The first-order chi connectivity index (χ1) is 8.10. The van der Waals surface area contributed by atoms with Gasteiger partial charge in [-0.15, -0.1) is 16.7 Å². The molecule has 0 amide bonds. The van der Waals surface area contributed by atoms with Crippen LogP contribution in [0, 0.1) is 11.8 Å². The largest absolute Gasteiger partial charge is 0.249 e. The molecule has 3 unspecified atom stereocenters. The van der Waals surface area contributed by atoms with E-state index in [0.717, 1.165) is 24.0 Å². The van der Waals surface area contributed by atoms with E-state index in [1.165, 1.54) is 19.3 Å². The molecule has 3 atom stereocenters. The summed E-state index contributed by atoms with van der Waals surface area (Å²) in [6.07, 6.45) is 6.71. The Kier molecular flexibility index (Phi) is 4.08. The maximum absolute atomic E-state index is 6.18. The van der Waals surface area contributed by atoms with Crippen molar-refractivity contribution >= 4 is 11.6 Å². The van der Waals surface area contributed by atoms with Crippen molar-refractivity contribution in [2.75, 3.05) is 0 Å². The van der Waals surface area contributed by atoms with Crippen LogP contribution in [0.15, 0.2) is 6.20 Å². The zero-order valence-electron chi connectivity index (χ0n) is 10.9. The van der Waals surface area contributed by atoms with Gasteiger partial charge in [-0.25, -0.2) is 4.68 Å². The van der Waals surface area contributed by atoms with Gasteiger partial charge in [-0.1, -0.05) is 26.0 Å². The number of hydrogen-bond donors (Lipinski definition) is 0. The predicted octanol–water partition coefficient (Wildman–Crippen LogP) is 3.97. The van der Waals surface area contributed by atoms with Crippen molar-refractivity contribution in [1.82, 2.24) is 15.0 Å². The number of alkyl halides is 1. The van der Waals surface area contributed by atoms with Crippen molar-refractivity contribution in [2.24, 2.45) is 11.8 Å². The zero-order valence-corrected chi connectivity index (χ0v) is 11.7. The van der Waals surface area contributed by atoms with E-state index in [1.807, 2.05) is 10.9 Å². The molecule has 0 radical (unpaired) electrons.